The normalized spacial score (nSPS) is 36.2. The molecule has 0 saturated heterocycles. The Morgan fingerprint density at radius 2 is 1.44 bits per heavy atom. The second kappa shape index (κ2) is 3.48. The lowest BCUT2D eigenvalue weighted by Gasteiger charge is -2.06. The first-order valence-corrected chi connectivity index (χ1v) is 4.09. The minimum Gasteiger partial charge on any atom is -0.123 e. The van der Waals surface area contributed by atoms with E-state index in [1.807, 2.05) is 0 Å². The van der Waals surface area contributed by atoms with Gasteiger partial charge < -0.3 is 0 Å². The second-order valence-corrected chi connectivity index (χ2v) is 3.61. The number of hydrogen-bond acceptors (Lipinski definition) is 0. The first-order valence-electron chi connectivity index (χ1n) is 3.22. The topological polar surface area (TPSA) is 0 Å². The predicted octanol–water partition coefficient (Wildman–Crippen LogP) is 2.94. The minimum absolute atomic E-state index is 0.256. The molecule has 52 valence electrons. The summed E-state index contributed by atoms with van der Waals surface area (Å²) < 4.78 is 0. The number of alkyl halides is 2. The zero-order valence-electron chi connectivity index (χ0n) is 5.19. The smallest absolute Gasteiger partial charge is 0.0384 e. The van der Waals surface area contributed by atoms with E-state index in [1.54, 1.807) is 0 Å². The summed E-state index contributed by atoms with van der Waals surface area (Å²) in [6.07, 6.45) is 7.12. The van der Waals surface area contributed by atoms with Crippen LogP contribution in [0.4, 0.5) is 0 Å². The van der Waals surface area contributed by atoms with E-state index >= 15 is 0 Å². The molecule has 0 aromatic heterocycles. The standard InChI is InChI=1S/C7H10Cl2/c8-6-3-1-2-4-7(9)5-6/h1-2,6-7H,3-5H2. The van der Waals surface area contributed by atoms with Gasteiger partial charge in [0.15, 0.2) is 0 Å². The van der Waals surface area contributed by atoms with E-state index in [4.69, 9.17) is 23.2 Å². The van der Waals surface area contributed by atoms with Crippen molar-refractivity contribution in [2.75, 3.05) is 0 Å². The molecular formula is C7H10Cl2. The molecule has 0 nitrogen and oxygen atoms in total. The molecule has 0 spiro atoms. The van der Waals surface area contributed by atoms with E-state index in [2.05, 4.69) is 12.2 Å². The average molecular weight is 165 g/mol. The molecule has 1 aliphatic carbocycles. The van der Waals surface area contributed by atoms with Gasteiger partial charge in [0.05, 0.1) is 0 Å². The molecule has 0 amide bonds. The molecule has 2 heteroatoms. The minimum atomic E-state index is 0.256. The number of halogens is 2. The van der Waals surface area contributed by atoms with Crippen LogP contribution >= 0.6 is 23.2 Å². The maximum Gasteiger partial charge on any atom is 0.0384 e. The molecule has 0 heterocycles. The fraction of sp³-hybridized carbons (Fsp3) is 0.714. The Morgan fingerprint density at radius 1 is 1.00 bits per heavy atom. The highest BCUT2D eigenvalue weighted by Gasteiger charge is 2.12. The molecule has 0 bridgehead atoms. The lowest BCUT2D eigenvalue weighted by Crippen LogP contribution is -2.03. The van der Waals surface area contributed by atoms with Gasteiger partial charge in [0, 0.05) is 10.8 Å². The van der Waals surface area contributed by atoms with Crippen molar-refractivity contribution < 1.29 is 0 Å². The second-order valence-electron chi connectivity index (χ2n) is 2.37. The highest BCUT2D eigenvalue weighted by atomic mass is 35.5. The Labute approximate surface area is 65.8 Å². The van der Waals surface area contributed by atoms with Gasteiger partial charge in [-0.3, -0.25) is 0 Å². The van der Waals surface area contributed by atoms with Gasteiger partial charge in [-0.2, -0.15) is 0 Å². The monoisotopic (exact) mass is 164 g/mol. The van der Waals surface area contributed by atoms with Crippen molar-refractivity contribution in [3.05, 3.63) is 12.2 Å². The summed E-state index contributed by atoms with van der Waals surface area (Å²) in [7, 11) is 0. The number of hydrogen-bond donors (Lipinski definition) is 0. The van der Waals surface area contributed by atoms with Crippen molar-refractivity contribution in [2.24, 2.45) is 0 Å². The average Bonchev–Trinajstić information content (AvgIpc) is 1.93. The first-order chi connectivity index (χ1) is 4.29. The third kappa shape index (κ3) is 2.59. The fourth-order valence-corrected chi connectivity index (χ4v) is 1.68. The molecule has 0 N–H and O–H groups in total. The summed E-state index contributed by atoms with van der Waals surface area (Å²) in [6, 6.07) is 0. The van der Waals surface area contributed by atoms with E-state index in [0.717, 1.165) is 19.3 Å². The molecule has 1 aliphatic rings. The van der Waals surface area contributed by atoms with Crippen LogP contribution < -0.4 is 0 Å². The lowest BCUT2D eigenvalue weighted by atomic mass is 10.2. The summed E-state index contributed by atoms with van der Waals surface area (Å²) >= 11 is 11.8. The van der Waals surface area contributed by atoms with Gasteiger partial charge in [-0.25, -0.2) is 0 Å². The molecule has 0 aliphatic heterocycles. The van der Waals surface area contributed by atoms with Crippen LogP contribution in [0.15, 0.2) is 12.2 Å². The fourth-order valence-electron chi connectivity index (χ4n) is 0.958. The quantitative estimate of drug-likeness (QED) is 0.382. The van der Waals surface area contributed by atoms with Gasteiger partial charge in [0.25, 0.3) is 0 Å². The Balaban J connectivity index is 2.40. The van der Waals surface area contributed by atoms with E-state index in [-0.39, 0.29) is 10.8 Å². The van der Waals surface area contributed by atoms with Crippen molar-refractivity contribution in [2.45, 2.75) is 30.0 Å². The van der Waals surface area contributed by atoms with E-state index < -0.39 is 0 Å². The third-order valence-electron chi connectivity index (χ3n) is 1.46. The van der Waals surface area contributed by atoms with Gasteiger partial charge in [-0.1, -0.05) is 12.2 Å². The Hall–Kier alpha value is 0.320. The predicted molar refractivity (Wildman–Crippen MR) is 42.3 cm³/mol. The molecule has 0 radical (unpaired) electrons. The molecular weight excluding hydrogens is 155 g/mol. The molecule has 2 unspecified atom stereocenters. The van der Waals surface area contributed by atoms with Gasteiger partial charge in [-0.15, -0.1) is 23.2 Å². The zero-order valence-corrected chi connectivity index (χ0v) is 6.70. The van der Waals surface area contributed by atoms with Gasteiger partial charge >= 0.3 is 0 Å². The molecule has 0 saturated carbocycles. The zero-order chi connectivity index (χ0) is 6.69. The maximum atomic E-state index is 5.88. The molecule has 0 aromatic carbocycles. The van der Waals surface area contributed by atoms with Crippen molar-refractivity contribution in [3.8, 4) is 0 Å². The molecule has 1 rings (SSSR count). The van der Waals surface area contributed by atoms with Crippen LogP contribution in [0.1, 0.15) is 19.3 Å². The van der Waals surface area contributed by atoms with Crippen LogP contribution in [0.2, 0.25) is 0 Å². The van der Waals surface area contributed by atoms with Crippen LogP contribution in [-0.2, 0) is 0 Å². The summed E-state index contributed by atoms with van der Waals surface area (Å²) in [5.74, 6) is 0. The number of rotatable bonds is 0. The first kappa shape index (κ1) is 7.43. The summed E-state index contributed by atoms with van der Waals surface area (Å²) in [6.45, 7) is 0. The van der Waals surface area contributed by atoms with Crippen molar-refractivity contribution in [1.29, 1.82) is 0 Å². The van der Waals surface area contributed by atoms with Crippen LogP contribution in [-0.4, -0.2) is 10.8 Å². The van der Waals surface area contributed by atoms with Crippen LogP contribution in [0.3, 0.4) is 0 Å². The van der Waals surface area contributed by atoms with Crippen molar-refractivity contribution >= 4 is 23.2 Å². The van der Waals surface area contributed by atoms with Crippen LogP contribution in [0, 0.1) is 0 Å². The van der Waals surface area contributed by atoms with Crippen molar-refractivity contribution in [1.82, 2.24) is 0 Å². The van der Waals surface area contributed by atoms with E-state index in [0.29, 0.717) is 0 Å². The Kier molecular flexibility index (Phi) is 2.87. The number of allylic oxidation sites excluding steroid dienone is 2. The SMILES string of the molecule is ClC1CC=CCC(Cl)C1. The Bertz CT molecular complexity index is 97.5. The van der Waals surface area contributed by atoms with Gasteiger partial charge in [0.1, 0.15) is 0 Å². The summed E-state index contributed by atoms with van der Waals surface area (Å²) in [5.41, 5.74) is 0. The highest BCUT2D eigenvalue weighted by Crippen LogP contribution is 2.20. The van der Waals surface area contributed by atoms with E-state index in [1.165, 1.54) is 0 Å². The Morgan fingerprint density at radius 3 is 1.89 bits per heavy atom. The molecule has 9 heavy (non-hydrogen) atoms. The van der Waals surface area contributed by atoms with E-state index in [9.17, 15) is 0 Å². The summed E-state index contributed by atoms with van der Waals surface area (Å²) in [4.78, 5) is 0. The maximum absolute atomic E-state index is 5.88. The summed E-state index contributed by atoms with van der Waals surface area (Å²) in [5, 5.41) is 0.512. The van der Waals surface area contributed by atoms with Gasteiger partial charge in [0.2, 0.25) is 0 Å². The highest BCUT2D eigenvalue weighted by molar-refractivity contribution is 6.23. The van der Waals surface area contributed by atoms with Crippen LogP contribution in [0.5, 0.6) is 0 Å². The lowest BCUT2D eigenvalue weighted by molar-refractivity contribution is 0.733. The van der Waals surface area contributed by atoms with Gasteiger partial charge in [-0.05, 0) is 19.3 Å². The molecule has 2 atom stereocenters. The van der Waals surface area contributed by atoms with Crippen LogP contribution in [0.25, 0.3) is 0 Å². The largest absolute Gasteiger partial charge is 0.123 e. The molecule has 0 fully saturated rings. The third-order valence-corrected chi connectivity index (χ3v) is 2.17. The van der Waals surface area contributed by atoms with Crippen molar-refractivity contribution in [3.63, 3.8) is 0 Å². The molecule has 0 aromatic rings.